The zero-order valence-corrected chi connectivity index (χ0v) is 13.1. The van der Waals surface area contributed by atoms with Crippen LogP contribution >= 0.6 is 0 Å². The van der Waals surface area contributed by atoms with Crippen LogP contribution in [0.5, 0.6) is 5.75 Å². The third-order valence-electron chi connectivity index (χ3n) is 3.22. The summed E-state index contributed by atoms with van der Waals surface area (Å²) >= 11 is 0. The van der Waals surface area contributed by atoms with Crippen molar-refractivity contribution >= 4 is 11.9 Å². The molecule has 0 unspecified atom stereocenters. The molecular weight excluding hydrogens is 332 g/mol. The number of rotatable bonds is 5. The van der Waals surface area contributed by atoms with Crippen molar-refractivity contribution in [3.05, 3.63) is 59.7 Å². The van der Waals surface area contributed by atoms with Crippen molar-refractivity contribution in [2.45, 2.75) is 6.92 Å². The Balaban J connectivity index is 1.60. The van der Waals surface area contributed by atoms with Gasteiger partial charge in [-0.05, 0) is 31.2 Å². The summed E-state index contributed by atoms with van der Waals surface area (Å²) in [6, 6.07) is 9.92. The number of halogens is 2. The highest BCUT2D eigenvalue weighted by atomic mass is 19.1. The average molecular weight is 345 g/mol. The van der Waals surface area contributed by atoms with Crippen LogP contribution in [0.25, 0.3) is 11.5 Å². The normalized spacial score (nSPS) is 10.5. The molecule has 8 heteroatoms. The zero-order valence-electron chi connectivity index (χ0n) is 13.1. The van der Waals surface area contributed by atoms with Crippen molar-refractivity contribution in [1.29, 1.82) is 0 Å². The van der Waals surface area contributed by atoms with Gasteiger partial charge in [-0.15, -0.1) is 5.10 Å². The van der Waals surface area contributed by atoms with E-state index >= 15 is 0 Å². The van der Waals surface area contributed by atoms with E-state index < -0.39 is 17.5 Å². The first-order valence-electron chi connectivity index (χ1n) is 7.29. The van der Waals surface area contributed by atoms with Gasteiger partial charge < -0.3 is 9.15 Å². The minimum Gasteiger partial charge on any atom is -0.484 e. The summed E-state index contributed by atoms with van der Waals surface area (Å²) in [5.41, 5.74) is 1.01. The van der Waals surface area contributed by atoms with Crippen LogP contribution in [0.15, 0.2) is 46.9 Å². The van der Waals surface area contributed by atoms with Crippen LogP contribution in [0.2, 0.25) is 0 Å². The molecule has 0 saturated heterocycles. The molecule has 0 aliphatic heterocycles. The smallest absolute Gasteiger partial charge is 0.322 e. The molecule has 6 nitrogen and oxygen atoms in total. The van der Waals surface area contributed by atoms with Crippen molar-refractivity contribution in [1.82, 2.24) is 10.2 Å². The number of carbonyl (C=O) groups excluding carboxylic acids is 1. The van der Waals surface area contributed by atoms with Gasteiger partial charge in [0.25, 0.3) is 11.8 Å². The van der Waals surface area contributed by atoms with E-state index in [1.807, 2.05) is 19.1 Å². The summed E-state index contributed by atoms with van der Waals surface area (Å²) in [5, 5.41) is 9.57. The summed E-state index contributed by atoms with van der Waals surface area (Å²) < 4.78 is 37.1. The Morgan fingerprint density at radius 1 is 1.16 bits per heavy atom. The predicted molar refractivity (Wildman–Crippen MR) is 85.0 cm³/mol. The standard InChI is InChI=1S/C17H13F2N3O3/c1-10-2-5-12(6-3-10)24-9-15(23)20-17-22-21-16(25-17)13-7-4-11(18)8-14(13)19/h2-8H,9H2,1H3,(H,20,22,23). The number of anilines is 1. The summed E-state index contributed by atoms with van der Waals surface area (Å²) in [6.07, 6.45) is 0. The molecule has 1 heterocycles. The van der Waals surface area contributed by atoms with Crippen LogP contribution in [-0.2, 0) is 4.79 Å². The zero-order chi connectivity index (χ0) is 17.8. The van der Waals surface area contributed by atoms with Crippen LogP contribution in [0, 0.1) is 18.6 Å². The molecule has 0 saturated carbocycles. The highest BCUT2D eigenvalue weighted by Crippen LogP contribution is 2.23. The highest BCUT2D eigenvalue weighted by Gasteiger charge is 2.15. The van der Waals surface area contributed by atoms with E-state index in [4.69, 9.17) is 9.15 Å². The van der Waals surface area contributed by atoms with Gasteiger partial charge in [0.05, 0.1) is 5.56 Å². The maximum atomic E-state index is 13.7. The number of nitrogens with zero attached hydrogens (tertiary/aromatic N) is 2. The lowest BCUT2D eigenvalue weighted by Crippen LogP contribution is -2.20. The van der Waals surface area contributed by atoms with E-state index in [9.17, 15) is 13.6 Å². The van der Waals surface area contributed by atoms with E-state index in [-0.39, 0.29) is 24.1 Å². The third kappa shape index (κ3) is 4.17. The molecule has 0 radical (unpaired) electrons. The van der Waals surface area contributed by atoms with Gasteiger partial charge in [0.2, 0.25) is 0 Å². The average Bonchev–Trinajstić information content (AvgIpc) is 3.02. The second kappa shape index (κ2) is 7.08. The molecule has 0 spiro atoms. The number of hydrogen-bond acceptors (Lipinski definition) is 5. The van der Waals surface area contributed by atoms with Crippen molar-refractivity contribution in [3.63, 3.8) is 0 Å². The molecule has 2 aromatic carbocycles. The first kappa shape index (κ1) is 16.6. The lowest BCUT2D eigenvalue weighted by atomic mass is 10.2. The van der Waals surface area contributed by atoms with Crippen molar-refractivity contribution in [2.24, 2.45) is 0 Å². The molecule has 128 valence electrons. The fourth-order valence-corrected chi connectivity index (χ4v) is 1.98. The number of benzene rings is 2. The minimum atomic E-state index is -0.843. The first-order chi connectivity index (χ1) is 12.0. The molecule has 25 heavy (non-hydrogen) atoms. The highest BCUT2D eigenvalue weighted by molar-refractivity contribution is 5.89. The van der Waals surface area contributed by atoms with Gasteiger partial charge in [-0.25, -0.2) is 8.78 Å². The number of nitrogens with one attached hydrogen (secondary N) is 1. The predicted octanol–water partition coefficient (Wildman–Crippen LogP) is 3.34. The lowest BCUT2D eigenvalue weighted by molar-refractivity contribution is -0.118. The quantitative estimate of drug-likeness (QED) is 0.767. The largest absolute Gasteiger partial charge is 0.484 e. The summed E-state index contributed by atoms with van der Waals surface area (Å²) in [4.78, 5) is 11.8. The lowest BCUT2D eigenvalue weighted by Gasteiger charge is -2.05. The second-order valence-electron chi connectivity index (χ2n) is 5.19. The van der Waals surface area contributed by atoms with Crippen molar-refractivity contribution < 1.29 is 22.7 Å². The molecule has 0 aliphatic rings. The fourth-order valence-electron chi connectivity index (χ4n) is 1.98. The number of ether oxygens (including phenoxy) is 1. The van der Waals surface area contributed by atoms with E-state index in [0.717, 1.165) is 11.6 Å². The summed E-state index contributed by atoms with van der Waals surface area (Å²) in [5.74, 6) is -1.71. The minimum absolute atomic E-state index is 0.0645. The Kier molecular flexibility index (Phi) is 4.69. The second-order valence-corrected chi connectivity index (χ2v) is 5.19. The Bertz CT molecular complexity index is 894. The molecule has 3 aromatic rings. The van der Waals surface area contributed by atoms with Gasteiger partial charge in [0, 0.05) is 6.07 Å². The van der Waals surface area contributed by atoms with Gasteiger partial charge in [0.15, 0.2) is 6.61 Å². The van der Waals surface area contributed by atoms with E-state index in [1.54, 1.807) is 12.1 Å². The molecule has 0 atom stereocenters. The van der Waals surface area contributed by atoms with Crippen LogP contribution in [-0.4, -0.2) is 22.7 Å². The molecular formula is C17H13F2N3O3. The molecule has 0 fully saturated rings. The van der Waals surface area contributed by atoms with Crippen LogP contribution in [0.4, 0.5) is 14.8 Å². The SMILES string of the molecule is Cc1ccc(OCC(=O)Nc2nnc(-c3ccc(F)cc3F)o2)cc1. The van der Waals surface area contributed by atoms with Crippen LogP contribution < -0.4 is 10.1 Å². The maximum absolute atomic E-state index is 13.7. The number of carbonyl (C=O) groups is 1. The molecule has 1 amide bonds. The van der Waals surface area contributed by atoms with Gasteiger partial charge in [-0.1, -0.05) is 22.8 Å². The van der Waals surface area contributed by atoms with E-state index in [2.05, 4.69) is 15.5 Å². The Hall–Kier alpha value is -3.29. The Morgan fingerprint density at radius 2 is 1.92 bits per heavy atom. The third-order valence-corrected chi connectivity index (χ3v) is 3.22. The van der Waals surface area contributed by atoms with E-state index in [1.165, 1.54) is 6.07 Å². The molecule has 3 rings (SSSR count). The molecule has 0 aliphatic carbocycles. The molecule has 0 bridgehead atoms. The van der Waals surface area contributed by atoms with Gasteiger partial charge >= 0.3 is 6.01 Å². The van der Waals surface area contributed by atoms with E-state index in [0.29, 0.717) is 11.8 Å². The number of hydrogen-bond donors (Lipinski definition) is 1. The monoisotopic (exact) mass is 345 g/mol. The van der Waals surface area contributed by atoms with Gasteiger partial charge in [0.1, 0.15) is 17.4 Å². The Morgan fingerprint density at radius 3 is 2.64 bits per heavy atom. The summed E-state index contributed by atoms with van der Waals surface area (Å²) in [6.45, 7) is 1.68. The van der Waals surface area contributed by atoms with Crippen molar-refractivity contribution in [3.8, 4) is 17.2 Å². The topological polar surface area (TPSA) is 77.2 Å². The van der Waals surface area contributed by atoms with Gasteiger partial charge in [-0.2, -0.15) is 0 Å². The molecule has 1 N–H and O–H groups in total. The van der Waals surface area contributed by atoms with Crippen molar-refractivity contribution in [2.75, 3.05) is 11.9 Å². The Labute approximate surface area is 141 Å². The number of aromatic nitrogens is 2. The van der Waals surface area contributed by atoms with Gasteiger partial charge in [-0.3, -0.25) is 10.1 Å². The van der Waals surface area contributed by atoms with Crippen LogP contribution in [0.3, 0.4) is 0 Å². The number of amides is 1. The first-order valence-corrected chi connectivity index (χ1v) is 7.29. The molecule has 1 aromatic heterocycles. The fraction of sp³-hybridized carbons (Fsp3) is 0.118. The van der Waals surface area contributed by atoms with Crippen LogP contribution in [0.1, 0.15) is 5.56 Å². The number of aryl methyl sites for hydroxylation is 1. The maximum Gasteiger partial charge on any atom is 0.322 e. The summed E-state index contributed by atoms with van der Waals surface area (Å²) in [7, 11) is 0.